The van der Waals surface area contributed by atoms with Gasteiger partial charge in [0.25, 0.3) is 0 Å². The summed E-state index contributed by atoms with van der Waals surface area (Å²) in [6, 6.07) is 25.7. The monoisotopic (exact) mass is 559 g/mol. The van der Waals surface area contributed by atoms with Crippen LogP contribution in [-0.4, -0.2) is 25.5 Å². The molecule has 0 amide bonds. The van der Waals surface area contributed by atoms with E-state index < -0.39 is 16.0 Å². The number of thioether (sulfide) groups is 1. The molecule has 7 nitrogen and oxygen atoms in total. The Kier molecular flexibility index (Phi) is 8.90. The van der Waals surface area contributed by atoms with Crippen molar-refractivity contribution in [3.05, 3.63) is 107 Å². The van der Waals surface area contributed by atoms with Crippen molar-refractivity contribution in [2.45, 2.75) is 48.4 Å². The fraction of sp³-hybridized carbons (Fsp3) is 0.233. The van der Waals surface area contributed by atoms with Crippen LogP contribution >= 0.6 is 11.8 Å². The first-order valence-electron chi connectivity index (χ1n) is 12.3. The number of hydrogen-bond acceptors (Lipinski definition) is 8. The Hall–Kier alpha value is -3.87. The first-order chi connectivity index (χ1) is 18.7. The zero-order chi connectivity index (χ0) is 28.0. The molecule has 3 aromatic carbocycles. The molecule has 0 radical (unpaired) electrons. The number of aryl methyl sites for hydroxylation is 1. The molecule has 4 aromatic rings. The second kappa shape index (κ2) is 12.3. The molecule has 200 valence electrons. The molecular weight excluding hydrogens is 530 g/mol. The van der Waals surface area contributed by atoms with E-state index in [1.165, 1.54) is 23.9 Å². The minimum atomic E-state index is -4.19. The fourth-order valence-corrected chi connectivity index (χ4v) is 5.70. The first kappa shape index (κ1) is 28.1. The summed E-state index contributed by atoms with van der Waals surface area (Å²) in [6.45, 7) is 5.68. The van der Waals surface area contributed by atoms with Gasteiger partial charge in [-0.15, -0.1) is 0 Å². The lowest BCUT2D eigenvalue weighted by molar-refractivity contribution is 0.414. The van der Waals surface area contributed by atoms with Crippen LogP contribution in [0.1, 0.15) is 53.6 Å². The van der Waals surface area contributed by atoms with Gasteiger partial charge in [0, 0.05) is 11.3 Å². The van der Waals surface area contributed by atoms with E-state index in [2.05, 4.69) is 11.1 Å². The third-order valence-corrected chi connectivity index (χ3v) is 8.20. The molecule has 0 aliphatic carbocycles. The standard InChI is InChI=1S/C30H29N3O4S2/c1-20(2)27-28(26(18-31)23-8-6-5-7-9-23)32-30(38-19-22-12-14-24(36-4)15-13-22)33-29(27)37-39(34,35)25-16-10-21(3)11-17-25/h5-17,20,26H,19H2,1-4H3. The van der Waals surface area contributed by atoms with Gasteiger partial charge in [-0.25, -0.2) is 4.98 Å². The maximum atomic E-state index is 13.3. The molecule has 0 N–H and O–H groups in total. The summed E-state index contributed by atoms with van der Waals surface area (Å²) in [4.78, 5) is 9.38. The lowest BCUT2D eigenvalue weighted by Gasteiger charge is -2.20. The van der Waals surface area contributed by atoms with E-state index in [1.807, 2.05) is 75.4 Å². The third kappa shape index (κ3) is 6.77. The Bertz CT molecular complexity index is 1570. The van der Waals surface area contributed by atoms with Crippen LogP contribution in [0.2, 0.25) is 0 Å². The smallest absolute Gasteiger partial charge is 0.340 e. The van der Waals surface area contributed by atoms with Gasteiger partial charge in [0.2, 0.25) is 5.88 Å². The highest BCUT2D eigenvalue weighted by molar-refractivity contribution is 7.98. The summed E-state index contributed by atoms with van der Waals surface area (Å²) >= 11 is 1.34. The van der Waals surface area contributed by atoms with Gasteiger partial charge >= 0.3 is 10.1 Å². The van der Waals surface area contributed by atoms with Gasteiger partial charge in [0.1, 0.15) is 16.6 Å². The number of hydrogen-bond donors (Lipinski definition) is 0. The molecule has 0 saturated carbocycles. The predicted molar refractivity (Wildman–Crippen MR) is 152 cm³/mol. The number of rotatable bonds is 10. The van der Waals surface area contributed by atoms with Crippen molar-refractivity contribution < 1.29 is 17.3 Å². The second-order valence-corrected chi connectivity index (χ2v) is 11.7. The van der Waals surface area contributed by atoms with Crippen LogP contribution in [0.3, 0.4) is 0 Å². The lowest BCUT2D eigenvalue weighted by Crippen LogP contribution is -2.16. The topological polar surface area (TPSA) is 102 Å². The van der Waals surface area contributed by atoms with E-state index in [1.54, 1.807) is 19.2 Å². The van der Waals surface area contributed by atoms with Crippen LogP contribution in [-0.2, 0) is 15.9 Å². The zero-order valence-corrected chi connectivity index (χ0v) is 23.8. The average molecular weight is 560 g/mol. The van der Waals surface area contributed by atoms with Crippen molar-refractivity contribution in [2.75, 3.05) is 7.11 Å². The van der Waals surface area contributed by atoms with Crippen LogP contribution in [0.5, 0.6) is 11.6 Å². The Morgan fingerprint density at radius 1 is 0.949 bits per heavy atom. The highest BCUT2D eigenvalue weighted by Gasteiger charge is 2.29. The summed E-state index contributed by atoms with van der Waals surface area (Å²) in [7, 11) is -2.58. The zero-order valence-electron chi connectivity index (χ0n) is 22.2. The molecule has 0 aliphatic heterocycles. The lowest BCUT2D eigenvalue weighted by atomic mass is 9.90. The molecule has 1 aromatic heterocycles. The molecule has 39 heavy (non-hydrogen) atoms. The predicted octanol–water partition coefficient (Wildman–Crippen LogP) is 6.63. The van der Waals surface area contributed by atoms with Gasteiger partial charge in [-0.3, -0.25) is 0 Å². The molecule has 1 atom stereocenters. The molecule has 1 heterocycles. The van der Waals surface area contributed by atoms with Gasteiger partial charge in [-0.1, -0.05) is 85.8 Å². The summed E-state index contributed by atoms with van der Waals surface area (Å²) in [5, 5.41) is 10.5. The van der Waals surface area contributed by atoms with Crippen molar-refractivity contribution in [3.63, 3.8) is 0 Å². The number of aromatic nitrogens is 2. The second-order valence-electron chi connectivity index (χ2n) is 9.23. The molecule has 1 unspecified atom stereocenters. The molecule has 0 saturated heterocycles. The average Bonchev–Trinajstić information content (AvgIpc) is 2.93. The summed E-state index contributed by atoms with van der Waals surface area (Å²) in [6.07, 6.45) is 0. The minimum Gasteiger partial charge on any atom is -0.497 e. The van der Waals surface area contributed by atoms with Gasteiger partial charge in [-0.2, -0.15) is 18.7 Å². The van der Waals surface area contributed by atoms with E-state index in [-0.39, 0.29) is 16.7 Å². The van der Waals surface area contributed by atoms with Crippen molar-refractivity contribution in [1.82, 2.24) is 9.97 Å². The van der Waals surface area contributed by atoms with Crippen LogP contribution in [0.4, 0.5) is 0 Å². The van der Waals surface area contributed by atoms with Crippen LogP contribution in [0.25, 0.3) is 0 Å². The van der Waals surface area contributed by atoms with Crippen molar-refractivity contribution in [1.29, 1.82) is 5.26 Å². The molecule has 4 rings (SSSR count). The molecule has 0 fully saturated rings. The maximum absolute atomic E-state index is 13.3. The number of nitrogens with zero attached hydrogens (tertiary/aromatic N) is 3. The highest BCUT2D eigenvalue weighted by atomic mass is 32.2. The largest absolute Gasteiger partial charge is 0.497 e. The van der Waals surface area contributed by atoms with Crippen molar-refractivity contribution in [2.24, 2.45) is 0 Å². The molecule has 9 heteroatoms. The minimum absolute atomic E-state index is 0.0234. The van der Waals surface area contributed by atoms with Gasteiger partial charge < -0.3 is 8.92 Å². The fourth-order valence-electron chi connectivity index (χ4n) is 4.00. The summed E-state index contributed by atoms with van der Waals surface area (Å²) in [5.74, 6) is 0.251. The van der Waals surface area contributed by atoms with E-state index >= 15 is 0 Å². The number of methoxy groups -OCH3 is 1. The SMILES string of the molecule is COc1ccc(CSc2nc(OS(=O)(=O)c3ccc(C)cc3)c(C(C)C)c(C(C#N)c3ccccc3)n2)cc1. The number of nitriles is 1. The first-order valence-corrected chi connectivity index (χ1v) is 14.7. The number of benzene rings is 3. The Labute approximate surface area is 234 Å². The van der Waals surface area contributed by atoms with E-state index in [0.717, 1.165) is 22.4 Å². The van der Waals surface area contributed by atoms with Gasteiger partial charge in [0.15, 0.2) is 5.16 Å². The summed E-state index contributed by atoms with van der Waals surface area (Å²) in [5.41, 5.74) is 3.60. The van der Waals surface area contributed by atoms with E-state index in [0.29, 0.717) is 22.2 Å². The Balaban J connectivity index is 1.81. The van der Waals surface area contributed by atoms with Gasteiger partial charge in [0.05, 0.1) is 18.9 Å². The van der Waals surface area contributed by atoms with Crippen molar-refractivity contribution >= 4 is 21.9 Å². The molecule has 0 spiro atoms. The third-order valence-electron chi connectivity index (χ3n) is 6.06. The molecule has 0 bridgehead atoms. The molecular formula is C30H29N3O4S2. The summed E-state index contributed by atoms with van der Waals surface area (Å²) < 4.78 is 37.5. The quantitative estimate of drug-likeness (QED) is 0.121. The maximum Gasteiger partial charge on any atom is 0.340 e. The van der Waals surface area contributed by atoms with Gasteiger partial charge in [-0.05, 0) is 48.2 Å². The van der Waals surface area contributed by atoms with Crippen molar-refractivity contribution in [3.8, 4) is 17.7 Å². The van der Waals surface area contributed by atoms with Crippen LogP contribution in [0.15, 0.2) is 88.9 Å². The van der Waals surface area contributed by atoms with Crippen LogP contribution in [0, 0.1) is 18.3 Å². The Morgan fingerprint density at radius 2 is 1.62 bits per heavy atom. The highest BCUT2D eigenvalue weighted by Crippen LogP contribution is 2.38. The van der Waals surface area contributed by atoms with Crippen LogP contribution < -0.4 is 8.92 Å². The normalized spacial score (nSPS) is 12.1. The Morgan fingerprint density at radius 3 is 2.21 bits per heavy atom. The van der Waals surface area contributed by atoms with E-state index in [9.17, 15) is 13.7 Å². The van der Waals surface area contributed by atoms with E-state index in [4.69, 9.17) is 13.9 Å². The number of ether oxygens (including phenoxy) is 1. The molecule has 0 aliphatic rings.